The lowest BCUT2D eigenvalue weighted by molar-refractivity contribution is 0.0695. The number of aromatic nitrogens is 1. The third-order valence-electron chi connectivity index (χ3n) is 1.94. The summed E-state index contributed by atoms with van der Waals surface area (Å²) in [6.07, 6.45) is 0. The van der Waals surface area contributed by atoms with Crippen LogP contribution in [0.15, 0.2) is 26.8 Å². The summed E-state index contributed by atoms with van der Waals surface area (Å²) in [5, 5.41) is 10.7. The lowest BCUT2D eigenvalue weighted by atomic mass is 10.2. The van der Waals surface area contributed by atoms with Gasteiger partial charge in [0.2, 0.25) is 0 Å². The van der Waals surface area contributed by atoms with Crippen molar-refractivity contribution in [1.82, 2.24) is 4.74 Å². The Morgan fingerprint density at radius 1 is 1.60 bits per heavy atom. The van der Waals surface area contributed by atoms with Crippen molar-refractivity contribution in [3.8, 4) is 10.6 Å². The van der Waals surface area contributed by atoms with E-state index in [-0.39, 0.29) is 5.56 Å². The van der Waals surface area contributed by atoms with E-state index in [4.69, 9.17) is 9.63 Å². The van der Waals surface area contributed by atoms with Crippen molar-refractivity contribution < 1.29 is 14.4 Å². The molecule has 0 saturated carbocycles. The molecule has 0 bridgehead atoms. The van der Waals surface area contributed by atoms with E-state index in [9.17, 15) is 9.59 Å². The Labute approximate surface area is 88.2 Å². The van der Waals surface area contributed by atoms with Crippen LogP contribution < -0.4 is 5.63 Å². The van der Waals surface area contributed by atoms with Crippen LogP contribution in [0.25, 0.3) is 10.6 Å². The molecule has 6 heteroatoms. The fourth-order valence-electron chi connectivity index (χ4n) is 1.35. The van der Waals surface area contributed by atoms with E-state index in [1.165, 1.54) is 23.1 Å². The van der Waals surface area contributed by atoms with E-state index >= 15 is 0 Å². The van der Waals surface area contributed by atoms with Crippen molar-refractivity contribution in [2.75, 3.05) is 0 Å². The number of hydrogen-bond donors (Lipinski definition) is 1. The molecule has 0 radical (unpaired) electrons. The number of nitrogens with zero attached hydrogens (tertiary/aromatic N) is 1. The monoisotopic (exact) mass is 225 g/mol. The Balaban J connectivity index is 2.76. The van der Waals surface area contributed by atoms with Crippen molar-refractivity contribution in [2.24, 2.45) is 7.05 Å². The first-order valence-electron chi connectivity index (χ1n) is 4.08. The van der Waals surface area contributed by atoms with Crippen LogP contribution in [0.4, 0.5) is 0 Å². The maximum atomic E-state index is 11.2. The second-order valence-electron chi connectivity index (χ2n) is 2.88. The molecule has 0 saturated heterocycles. The summed E-state index contributed by atoms with van der Waals surface area (Å²) in [5.41, 5.74) is -0.837. The number of thiophene rings is 1. The van der Waals surface area contributed by atoms with Crippen LogP contribution >= 0.6 is 11.3 Å². The molecule has 0 aliphatic carbocycles. The topological polar surface area (TPSA) is 72.4 Å². The summed E-state index contributed by atoms with van der Waals surface area (Å²) in [5.74, 6) is -1.27. The molecule has 0 unspecified atom stereocenters. The fourth-order valence-corrected chi connectivity index (χ4v) is 2.15. The molecule has 2 aromatic heterocycles. The molecule has 0 aliphatic heterocycles. The van der Waals surface area contributed by atoms with Crippen LogP contribution in [0, 0.1) is 0 Å². The van der Waals surface area contributed by atoms with E-state index in [0.29, 0.717) is 10.6 Å². The number of carboxylic acid groups (broad SMARTS) is 1. The van der Waals surface area contributed by atoms with Crippen LogP contribution in [0.2, 0.25) is 0 Å². The van der Waals surface area contributed by atoms with Crippen molar-refractivity contribution in [3.63, 3.8) is 0 Å². The SMILES string of the molecule is Cn1oc(=O)c(C(=O)O)c1-c1cccs1. The average Bonchev–Trinajstić information content (AvgIpc) is 2.71. The van der Waals surface area contributed by atoms with Gasteiger partial charge in [0.05, 0.1) is 4.88 Å². The maximum absolute atomic E-state index is 11.2. The summed E-state index contributed by atoms with van der Waals surface area (Å²) in [4.78, 5) is 22.8. The van der Waals surface area contributed by atoms with Gasteiger partial charge in [-0.15, -0.1) is 11.3 Å². The number of aromatic carboxylic acids is 1. The van der Waals surface area contributed by atoms with E-state index < -0.39 is 11.6 Å². The third-order valence-corrected chi connectivity index (χ3v) is 2.82. The van der Waals surface area contributed by atoms with Gasteiger partial charge in [0.25, 0.3) is 0 Å². The standard InChI is InChI=1S/C9H7NO4S/c1-10-7(5-3-2-4-15-5)6(8(11)12)9(13)14-10/h2-4H,1H3,(H,11,12). The number of carboxylic acids is 1. The molecule has 1 N–H and O–H groups in total. The molecular weight excluding hydrogens is 218 g/mol. The highest BCUT2D eigenvalue weighted by Gasteiger charge is 2.23. The van der Waals surface area contributed by atoms with E-state index in [1.807, 2.05) is 0 Å². The lowest BCUT2D eigenvalue weighted by Crippen LogP contribution is -2.09. The molecular formula is C9H7NO4S. The maximum Gasteiger partial charge on any atom is 0.372 e. The minimum Gasteiger partial charge on any atom is -0.477 e. The number of carbonyl (C=O) groups is 1. The highest BCUT2D eigenvalue weighted by Crippen LogP contribution is 2.26. The Morgan fingerprint density at radius 2 is 2.33 bits per heavy atom. The minimum atomic E-state index is -1.27. The first-order valence-corrected chi connectivity index (χ1v) is 4.96. The van der Waals surface area contributed by atoms with Gasteiger partial charge >= 0.3 is 11.6 Å². The second-order valence-corrected chi connectivity index (χ2v) is 3.83. The summed E-state index contributed by atoms with van der Waals surface area (Å²) < 4.78 is 5.90. The predicted octanol–water partition coefficient (Wildman–Crippen LogP) is 1.41. The molecule has 0 aliphatic rings. The Morgan fingerprint density at radius 3 is 2.87 bits per heavy atom. The summed E-state index contributed by atoms with van der Waals surface area (Å²) in [6.45, 7) is 0. The van der Waals surface area contributed by atoms with Gasteiger partial charge in [0.15, 0.2) is 5.56 Å². The normalized spacial score (nSPS) is 10.5. The smallest absolute Gasteiger partial charge is 0.372 e. The van der Waals surface area contributed by atoms with Gasteiger partial charge in [-0.1, -0.05) is 6.07 Å². The third kappa shape index (κ3) is 1.48. The van der Waals surface area contributed by atoms with Gasteiger partial charge in [-0.3, -0.25) is 0 Å². The minimum absolute atomic E-state index is 0.308. The highest BCUT2D eigenvalue weighted by molar-refractivity contribution is 7.13. The Kier molecular flexibility index (Phi) is 2.20. The summed E-state index contributed by atoms with van der Waals surface area (Å²) >= 11 is 1.35. The molecule has 78 valence electrons. The van der Waals surface area contributed by atoms with Crippen LogP contribution in [0.1, 0.15) is 10.4 Å². The van der Waals surface area contributed by atoms with Gasteiger partial charge in [-0.25, -0.2) is 14.3 Å². The van der Waals surface area contributed by atoms with Crippen molar-refractivity contribution >= 4 is 17.3 Å². The second kappa shape index (κ2) is 3.39. The van der Waals surface area contributed by atoms with E-state index in [1.54, 1.807) is 17.5 Å². The van der Waals surface area contributed by atoms with Crippen LogP contribution in [-0.4, -0.2) is 15.8 Å². The lowest BCUT2D eigenvalue weighted by Gasteiger charge is -1.97. The zero-order valence-corrected chi connectivity index (χ0v) is 8.58. The molecule has 0 aromatic carbocycles. The van der Waals surface area contributed by atoms with Crippen molar-refractivity contribution in [3.05, 3.63) is 33.5 Å². The zero-order valence-electron chi connectivity index (χ0n) is 7.76. The highest BCUT2D eigenvalue weighted by atomic mass is 32.1. The Bertz CT molecular complexity index is 549. The van der Waals surface area contributed by atoms with E-state index in [2.05, 4.69) is 0 Å². The van der Waals surface area contributed by atoms with Gasteiger partial charge < -0.3 is 9.63 Å². The molecule has 0 fully saturated rings. The first kappa shape index (κ1) is 9.72. The quantitative estimate of drug-likeness (QED) is 0.838. The Hall–Kier alpha value is -1.82. The molecule has 2 heterocycles. The molecule has 2 rings (SSSR count). The molecule has 0 spiro atoms. The zero-order chi connectivity index (χ0) is 11.0. The summed E-state index contributed by atoms with van der Waals surface area (Å²) in [7, 11) is 1.50. The molecule has 2 aromatic rings. The number of aryl methyl sites for hydroxylation is 1. The molecule has 15 heavy (non-hydrogen) atoms. The van der Waals surface area contributed by atoms with Crippen molar-refractivity contribution in [2.45, 2.75) is 0 Å². The summed E-state index contributed by atoms with van der Waals surface area (Å²) in [6, 6.07) is 3.52. The molecule has 5 nitrogen and oxygen atoms in total. The van der Waals surface area contributed by atoms with Gasteiger partial charge in [0, 0.05) is 7.05 Å². The molecule has 0 atom stereocenters. The fraction of sp³-hybridized carbons (Fsp3) is 0.111. The van der Waals surface area contributed by atoms with Crippen LogP contribution in [0.3, 0.4) is 0 Å². The average molecular weight is 225 g/mol. The largest absolute Gasteiger partial charge is 0.477 e. The van der Waals surface area contributed by atoms with E-state index in [0.717, 1.165) is 0 Å². The van der Waals surface area contributed by atoms with Crippen molar-refractivity contribution in [1.29, 1.82) is 0 Å². The van der Waals surface area contributed by atoms with Crippen LogP contribution in [0.5, 0.6) is 0 Å². The first-order chi connectivity index (χ1) is 7.11. The van der Waals surface area contributed by atoms with Gasteiger partial charge in [-0.2, -0.15) is 0 Å². The van der Waals surface area contributed by atoms with Gasteiger partial charge in [0.1, 0.15) is 5.69 Å². The van der Waals surface area contributed by atoms with Gasteiger partial charge in [-0.05, 0) is 11.4 Å². The molecule has 0 amide bonds. The number of rotatable bonds is 2. The predicted molar refractivity (Wildman–Crippen MR) is 54.2 cm³/mol. The number of hydrogen-bond acceptors (Lipinski definition) is 4. The van der Waals surface area contributed by atoms with Crippen LogP contribution in [-0.2, 0) is 7.05 Å².